The molecule has 1 heterocycles. The van der Waals surface area contributed by atoms with Gasteiger partial charge in [-0.3, -0.25) is 0 Å². The zero-order valence-corrected chi connectivity index (χ0v) is 9.24. The fourth-order valence-electron chi connectivity index (χ4n) is 3.09. The van der Waals surface area contributed by atoms with Gasteiger partial charge in [0.25, 0.3) is 0 Å². The molecule has 1 saturated heterocycles. The van der Waals surface area contributed by atoms with Crippen molar-refractivity contribution < 1.29 is 4.74 Å². The Morgan fingerprint density at radius 1 is 1.14 bits per heavy atom. The van der Waals surface area contributed by atoms with Gasteiger partial charge in [0.15, 0.2) is 0 Å². The van der Waals surface area contributed by atoms with E-state index >= 15 is 0 Å². The largest absolute Gasteiger partial charge is 0.376 e. The summed E-state index contributed by atoms with van der Waals surface area (Å²) in [5.74, 6) is 1.63. The Morgan fingerprint density at radius 3 is 2.71 bits per heavy atom. The average Bonchev–Trinajstić information content (AvgIpc) is 2.18. The van der Waals surface area contributed by atoms with Crippen molar-refractivity contribution >= 4 is 0 Å². The molecule has 0 aromatic carbocycles. The minimum absolute atomic E-state index is 0.305. The lowest BCUT2D eigenvalue weighted by Crippen LogP contribution is -2.46. The summed E-state index contributed by atoms with van der Waals surface area (Å²) in [7, 11) is 0. The van der Waals surface area contributed by atoms with Gasteiger partial charge in [-0.2, -0.15) is 0 Å². The van der Waals surface area contributed by atoms with Crippen LogP contribution in [0.25, 0.3) is 0 Å². The van der Waals surface area contributed by atoms with Crippen molar-refractivity contribution in [3.63, 3.8) is 0 Å². The van der Waals surface area contributed by atoms with Crippen LogP contribution < -0.4 is 5.73 Å². The zero-order chi connectivity index (χ0) is 9.97. The number of nitrogens with two attached hydrogens (primary N) is 1. The van der Waals surface area contributed by atoms with E-state index in [1.807, 2.05) is 0 Å². The molecular weight excluding hydrogens is 174 g/mol. The second kappa shape index (κ2) is 4.63. The van der Waals surface area contributed by atoms with Crippen LogP contribution >= 0.6 is 0 Å². The molecule has 0 aromatic heterocycles. The number of hydrogen-bond acceptors (Lipinski definition) is 2. The van der Waals surface area contributed by atoms with Crippen molar-refractivity contribution in [2.24, 2.45) is 17.6 Å². The van der Waals surface area contributed by atoms with Gasteiger partial charge in [-0.1, -0.05) is 19.8 Å². The van der Waals surface area contributed by atoms with E-state index in [9.17, 15) is 0 Å². The molecular formula is C12H23NO. The van der Waals surface area contributed by atoms with Gasteiger partial charge in [-0.05, 0) is 37.5 Å². The Kier molecular flexibility index (Phi) is 3.45. The van der Waals surface area contributed by atoms with E-state index in [0.29, 0.717) is 12.1 Å². The summed E-state index contributed by atoms with van der Waals surface area (Å²) in [4.78, 5) is 0. The molecule has 1 saturated carbocycles. The molecule has 0 spiro atoms. The minimum Gasteiger partial charge on any atom is -0.376 e. The van der Waals surface area contributed by atoms with Gasteiger partial charge in [0.1, 0.15) is 0 Å². The van der Waals surface area contributed by atoms with Crippen LogP contribution in [0.15, 0.2) is 0 Å². The standard InChI is InChI=1S/C12H23NO/c1-9-4-2-5-10(8-9)12-11(13)6-3-7-14-12/h9-12H,2-8,13H2,1H3. The summed E-state index contributed by atoms with van der Waals surface area (Å²) in [6.07, 6.45) is 8.12. The lowest BCUT2D eigenvalue weighted by atomic mass is 9.77. The smallest absolute Gasteiger partial charge is 0.0754 e. The number of hydrogen-bond donors (Lipinski definition) is 1. The van der Waals surface area contributed by atoms with Crippen molar-refractivity contribution in [3.8, 4) is 0 Å². The fourth-order valence-corrected chi connectivity index (χ4v) is 3.09. The van der Waals surface area contributed by atoms with Crippen molar-refractivity contribution in [1.29, 1.82) is 0 Å². The van der Waals surface area contributed by atoms with E-state index in [0.717, 1.165) is 31.3 Å². The summed E-state index contributed by atoms with van der Waals surface area (Å²) in [6, 6.07) is 0.305. The Labute approximate surface area is 87.2 Å². The maximum atomic E-state index is 6.13. The quantitative estimate of drug-likeness (QED) is 0.700. The lowest BCUT2D eigenvalue weighted by Gasteiger charge is -2.38. The molecule has 2 heteroatoms. The van der Waals surface area contributed by atoms with Crippen LogP contribution in [0.2, 0.25) is 0 Å². The third-order valence-corrected chi connectivity index (χ3v) is 3.86. The molecule has 4 atom stereocenters. The van der Waals surface area contributed by atoms with Crippen LogP contribution in [-0.2, 0) is 4.74 Å². The highest BCUT2D eigenvalue weighted by molar-refractivity contribution is 4.86. The van der Waals surface area contributed by atoms with Crippen molar-refractivity contribution in [1.82, 2.24) is 0 Å². The Hall–Kier alpha value is -0.0800. The molecule has 2 rings (SSSR count). The SMILES string of the molecule is CC1CCCC(C2OCCCC2N)C1. The van der Waals surface area contributed by atoms with Gasteiger partial charge in [0.2, 0.25) is 0 Å². The molecule has 2 nitrogen and oxygen atoms in total. The van der Waals surface area contributed by atoms with Crippen LogP contribution in [0, 0.1) is 11.8 Å². The molecule has 2 N–H and O–H groups in total. The van der Waals surface area contributed by atoms with Crippen LogP contribution in [0.1, 0.15) is 45.4 Å². The molecule has 0 amide bonds. The normalized spacial score (nSPS) is 45.0. The van der Waals surface area contributed by atoms with E-state index in [1.54, 1.807) is 0 Å². The van der Waals surface area contributed by atoms with E-state index in [4.69, 9.17) is 10.5 Å². The summed E-state index contributed by atoms with van der Waals surface area (Å²) < 4.78 is 5.85. The molecule has 1 aliphatic carbocycles. The van der Waals surface area contributed by atoms with E-state index < -0.39 is 0 Å². The Morgan fingerprint density at radius 2 is 2.00 bits per heavy atom. The van der Waals surface area contributed by atoms with Crippen LogP contribution in [0.3, 0.4) is 0 Å². The first-order valence-corrected chi connectivity index (χ1v) is 6.14. The fraction of sp³-hybridized carbons (Fsp3) is 1.00. The van der Waals surface area contributed by atoms with Crippen molar-refractivity contribution in [3.05, 3.63) is 0 Å². The van der Waals surface area contributed by atoms with Crippen molar-refractivity contribution in [2.45, 2.75) is 57.6 Å². The van der Waals surface area contributed by atoms with Gasteiger partial charge in [0, 0.05) is 12.6 Å². The topological polar surface area (TPSA) is 35.2 Å². The Bertz CT molecular complexity index is 183. The first kappa shape index (κ1) is 10.4. The van der Waals surface area contributed by atoms with Crippen LogP contribution in [0.4, 0.5) is 0 Å². The molecule has 82 valence electrons. The van der Waals surface area contributed by atoms with Crippen LogP contribution in [0.5, 0.6) is 0 Å². The van der Waals surface area contributed by atoms with Gasteiger partial charge < -0.3 is 10.5 Å². The summed E-state index contributed by atoms with van der Waals surface area (Å²) in [5.41, 5.74) is 6.13. The van der Waals surface area contributed by atoms with Gasteiger partial charge >= 0.3 is 0 Å². The molecule has 0 bridgehead atoms. The van der Waals surface area contributed by atoms with Crippen molar-refractivity contribution in [2.75, 3.05) is 6.61 Å². The summed E-state index contributed by atoms with van der Waals surface area (Å²) in [5, 5.41) is 0. The molecule has 2 aliphatic rings. The lowest BCUT2D eigenvalue weighted by molar-refractivity contribution is -0.0478. The molecule has 1 aliphatic heterocycles. The number of rotatable bonds is 1. The minimum atomic E-state index is 0.305. The second-order valence-electron chi connectivity index (χ2n) is 5.17. The molecule has 14 heavy (non-hydrogen) atoms. The Balaban J connectivity index is 1.91. The highest BCUT2D eigenvalue weighted by Crippen LogP contribution is 2.34. The molecule has 4 unspecified atom stereocenters. The van der Waals surface area contributed by atoms with E-state index in [1.165, 1.54) is 25.7 Å². The third-order valence-electron chi connectivity index (χ3n) is 3.86. The highest BCUT2D eigenvalue weighted by Gasteiger charge is 2.32. The van der Waals surface area contributed by atoms with Gasteiger partial charge in [-0.15, -0.1) is 0 Å². The molecule has 0 radical (unpaired) electrons. The maximum Gasteiger partial charge on any atom is 0.0754 e. The van der Waals surface area contributed by atoms with Gasteiger partial charge in [0.05, 0.1) is 6.10 Å². The third kappa shape index (κ3) is 2.29. The summed E-state index contributed by atoms with van der Waals surface area (Å²) >= 11 is 0. The monoisotopic (exact) mass is 197 g/mol. The van der Waals surface area contributed by atoms with E-state index in [-0.39, 0.29) is 0 Å². The predicted molar refractivity (Wildman–Crippen MR) is 58.1 cm³/mol. The molecule has 0 aromatic rings. The van der Waals surface area contributed by atoms with Gasteiger partial charge in [-0.25, -0.2) is 0 Å². The second-order valence-corrected chi connectivity index (χ2v) is 5.17. The van der Waals surface area contributed by atoms with E-state index in [2.05, 4.69) is 6.92 Å². The number of ether oxygens (including phenoxy) is 1. The predicted octanol–water partition coefficient (Wildman–Crippen LogP) is 2.32. The molecule has 2 fully saturated rings. The maximum absolute atomic E-state index is 6.13. The first-order valence-electron chi connectivity index (χ1n) is 6.14. The van der Waals surface area contributed by atoms with Crippen LogP contribution in [-0.4, -0.2) is 18.8 Å². The highest BCUT2D eigenvalue weighted by atomic mass is 16.5. The average molecular weight is 197 g/mol. The summed E-state index contributed by atoms with van der Waals surface area (Å²) in [6.45, 7) is 3.30. The first-order chi connectivity index (χ1) is 6.77. The zero-order valence-electron chi connectivity index (χ0n) is 9.24.